The maximum Gasteiger partial charge on any atom is 0.416 e. The number of hydrogen-bond acceptors (Lipinski definition) is 3. The van der Waals surface area contributed by atoms with Crippen LogP contribution in [0.1, 0.15) is 60.1 Å². The number of anilines is 1. The number of amides is 2. The zero-order chi connectivity index (χ0) is 22.9. The van der Waals surface area contributed by atoms with E-state index in [2.05, 4.69) is 10.6 Å². The van der Waals surface area contributed by atoms with E-state index >= 15 is 0 Å². The second kappa shape index (κ2) is 8.94. The number of benzene rings is 2. The Morgan fingerprint density at radius 2 is 1.78 bits per heavy atom. The highest BCUT2D eigenvalue weighted by Crippen LogP contribution is 2.36. The van der Waals surface area contributed by atoms with Crippen LogP contribution in [0.5, 0.6) is 0 Å². The number of alkyl halides is 3. The molecule has 0 radical (unpaired) electrons. The second-order valence-electron chi connectivity index (χ2n) is 8.58. The standard InChI is InChI=1S/C24H26F3N3O2/c1-15(16-4-2-6-18(12-16)24(25,26)27)30(21-10-11-21)14-22(31)28-20-7-3-5-17(13-20)23(32)29-19-8-9-19/h2-7,12-13,15,19,21H,8-11,14H2,1H3,(H,28,31)(H,29,32). The number of nitrogens with one attached hydrogen (secondary N) is 2. The summed E-state index contributed by atoms with van der Waals surface area (Å²) in [6.45, 7) is 1.88. The maximum atomic E-state index is 13.1. The normalized spacial score (nSPS) is 17.2. The molecular formula is C24H26F3N3O2. The molecule has 0 aromatic heterocycles. The largest absolute Gasteiger partial charge is 0.416 e. The maximum absolute atomic E-state index is 13.1. The van der Waals surface area contributed by atoms with E-state index < -0.39 is 11.7 Å². The van der Waals surface area contributed by atoms with Crippen LogP contribution in [-0.4, -0.2) is 35.3 Å². The van der Waals surface area contributed by atoms with Crippen molar-refractivity contribution in [3.8, 4) is 0 Å². The van der Waals surface area contributed by atoms with Gasteiger partial charge < -0.3 is 10.6 Å². The molecule has 2 saturated carbocycles. The van der Waals surface area contributed by atoms with Gasteiger partial charge in [-0.25, -0.2) is 0 Å². The molecule has 0 aliphatic heterocycles. The van der Waals surface area contributed by atoms with Gasteiger partial charge in [0.15, 0.2) is 0 Å². The minimum Gasteiger partial charge on any atom is -0.349 e. The average Bonchev–Trinajstić information content (AvgIpc) is 3.66. The van der Waals surface area contributed by atoms with Gasteiger partial charge in [-0.05, 0) is 68.5 Å². The zero-order valence-corrected chi connectivity index (χ0v) is 17.8. The number of carbonyl (C=O) groups is 2. The summed E-state index contributed by atoms with van der Waals surface area (Å²) in [6.07, 6.45) is -0.610. The monoisotopic (exact) mass is 445 g/mol. The molecule has 2 N–H and O–H groups in total. The quantitative estimate of drug-likeness (QED) is 0.616. The van der Waals surface area contributed by atoms with Crippen molar-refractivity contribution < 1.29 is 22.8 Å². The number of carbonyl (C=O) groups excluding carboxylic acids is 2. The molecule has 0 spiro atoms. The van der Waals surface area contributed by atoms with E-state index in [0.29, 0.717) is 16.8 Å². The van der Waals surface area contributed by atoms with E-state index in [9.17, 15) is 22.8 Å². The summed E-state index contributed by atoms with van der Waals surface area (Å²) >= 11 is 0. The van der Waals surface area contributed by atoms with Crippen LogP contribution in [0.15, 0.2) is 48.5 Å². The molecule has 8 heteroatoms. The molecule has 0 heterocycles. The van der Waals surface area contributed by atoms with Crippen molar-refractivity contribution in [3.63, 3.8) is 0 Å². The Balaban J connectivity index is 1.42. The molecule has 2 aliphatic rings. The summed E-state index contributed by atoms with van der Waals surface area (Å²) in [4.78, 5) is 26.9. The van der Waals surface area contributed by atoms with Gasteiger partial charge in [0.05, 0.1) is 12.1 Å². The van der Waals surface area contributed by atoms with Gasteiger partial charge in [-0.1, -0.05) is 18.2 Å². The third-order valence-electron chi connectivity index (χ3n) is 5.86. The zero-order valence-electron chi connectivity index (χ0n) is 17.8. The summed E-state index contributed by atoms with van der Waals surface area (Å²) in [5.74, 6) is -0.433. The van der Waals surface area contributed by atoms with Crippen LogP contribution < -0.4 is 10.6 Å². The third kappa shape index (κ3) is 5.68. The van der Waals surface area contributed by atoms with Crippen LogP contribution in [-0.2, 0) is 11.0 Å². The van der Waals surface area contributed by atoms with Crippen molar-refractivity contribution in [1.29, 1.82) is 0 Å². The minimum absolute atomic E-state index is 0.0561. The van der Waals surface area contributed by atoms with Crippen molar-refractivity contribution in [2.24, 2.45) is 0 Å². The Kier molecular flexibility index (Phi) is 6.24. The molecule has 5 nitrogen and oxygen atoms in total. The summed E-state index contributed by atoms with van der Waals surface area (Å²) in [5, 5.41) is 5.73. The van der Waals surface area contributed by atoms with E-state index in [1.165, 1.54) is 6.07 Å². The molecule has 1 unspecified atom stereocenters. The lowest BCUT2D eigenvalue weighted by Crippen LogP contribution is -2.37. The predicted octanol–water partition coefficient (Wildman–Crippen LogP) is 4.76. The summed E-state index contributed by atoms with van der Waals surface area (Å²) < 4.78 is 39.3. The number of halogens is 3. The lowest BCUT2D eigenvalue weighted by molar-refractivity contribution is -0.137. The molecule has 2 fully saturated rings. The Hall–Kier alpha value is -2.87. The lowest BCUT2D eigenvalue weighted by atomic mass is 10.0. The number of hydrogen-bond donors (Lipinski definition) is 2. The first-order valence-electron chi connectivity index (χ1n) is 10.8. The first kappa shape index (κ1) is 22.3. The second-order valence-corrected chi connectivity index (χ2v) is 8.58. The van der Waals surface area contributed by atoms with E-state index in [4.69, 9.17) is 0 Å². The van der Waals surface area contributed by atoms with Gasteiger partial charge >= 0.3 is 6.18 Å². The van der Waals surface area contributed by atoms with Crippen LogP contribution in [0.4, 0.5) is 18.9 Å². The Bertz CT molecular complexity index is 1000. The van der Waals surface area contributed by atoms with Gasteiger partial charge in [0.25, 0.3) is 5.91 Å². The summed E-state index contributed by atoms with van der Waals surface area (Å²) in [7, 11) is 0. The van der Waals surface area contributed by atoms with Gasteiger partial charge in [0.1, 0.15) is 0 Å². The van der Waals surface area contributed by atoms with E-state index in [0.717, 1.165) is 37.8 Å². The number of rotatable bonds is 8. The minimum atomic E-state index is -4.41. The van der Waals surface area contributed by atoms with Crippen LogP contribution >= 0.6 is 0 Å². The molecule has 32 heavy (non-hydrogen) atoms. The van der Waals surface area contributed by atoms with Crippen molar-refractivity contribution in [2.75, 3.05) is 11.9 Å². The highest BCUT2D eigenvalue weighted by Gasteiger charge is 2.35. The van der Waals surface area contributed by atoms with E-state index in [1.807, 2.05) is 11.8 Å². The van der Waals surface area contributed by atoms with Gasteiger partial charge in [-0.15, -0.1) is 0 Å². The smallest absolute Gasteiger partial charge is 0.349 e. The van der Waals surface area contributed by atoms with Crippen molar-refractivity contribution in [3.05, 3.63) is 65.2 Å². The van der Waals surface area contributed by atoms with Crippen LogP contribution in [0.25, 0.3) is 0 Å². The molecule has 170 valence electrons. The molecule has 2 aliphatic carbocycles. The van der Waals surface area contributed by atoms with E-state index in [-0.39, 0.29) is 36.5 Å². The molecule has 2 aromatic carbocycles. The van der Waals surface area contributed by atoms with Crippen molar-refractivity contribution in [2.45, 2.75) is 56.9 Å². The van der Waals surface area contributed by atoms with Crippen LogP contribution in [0, 0.1) is 0 Å². The molecular weight excluding hydrogens is 419 g/mol. The van der Waals surface area contributed by atoms with Gasteiger partial charge in [-0.3, -0.25) is 14.5 Å². The molecule has 1 atom stereocenters. The fraction of sp³-hybridized carbons (Fsp3) is 0.417. The fourth-order valence-corrected chi connectivity index (χ4v) is 3.76. The highest BCUT2D eigenvalue weighted by atomic mass is 19.4. The molecule has 0 bridgehead atoms. The third-order valence-corrected chi connectivity index (χ3v) is 5.86. The Morgan fingerprint density at radius 1 is 1.06 bits per heavy atom. The topological polar surface area (TPSA) is 61.4 Å². The fourth-order valence-electron chi connectivity index (χ4n) is 3.76. The van der Waals surface area contributed by atoms with Crippen LogP contribution in [0.3, 0.4) is 0 Å². The molecule has 0 saturated heterocycles. The molecule has 4 rings (SSSR count). The van der Waals surface area contributed by atoms with Gasteiger partial charge in [0, 0.05) is 29.4 Å². The highest BCUT2D eigenvalue weighted by molar-refractivity contribution is 5.97. The van der Waals surface area contributed by atoms with Crippen molar-refractivity contribution >= 4 is 17.5 Å². The van der Waals surface area contributed by atoms with Gasteiger partial charge in [-0.2, -0.15) is 13.2 Å². The van der Waals surface area contributed by atoms with Crippen LogP contribution in [0.2, 0.25) is 0 Å². The first-order valence-corrected chi connectivity index (χ1v) is 10.8. The Morgan fingerprint density at radius 3 is 2.44 bits per heavy atom. The lowest BCUT2D eigenvalue weighted by Gasteiger charge is -2.29. The van der Waals surface area contributed by atoms with Gasteiger partial charge in [0.2, 0.25) is 5.91 Å². The number of nitrogens with zero attached hydrogens (tertiary/aromatic N) is 1. The predicted molar refractivity (Wildman–Crippen MR) is 115 cm³/mol. The van der Waals surface area contributed by atoms with E-state index in [1.54, 1.807) is 30.3 Å². The first-order chi connectivity index (χ1) is 15.2. The summed E-state index contributed by atoms with van der Waals surface area (Å²) in [5.41, 5.74) is 0.827. The molecule has 2 aromatic rings. The Labute approximate surface area is 185 Å². The van der Waals surface area contributed by atoms with Crippen molar-refractivity contribution in [1.82, 2.24) is 10.2 Å². The summed E-state index contributed by atoms with van der Waals surface area (Å²) in [6, 6.07) is 12.1. The molecule has 2 amide bonds. The SMILES string of the molecule is CC(c1cccc(C(F)(F)F)c1)N(CC(=O)Nc1cccc(C(=O)NC2CC2)c1)C1CC1. The average molecular weight is 445 g/mol.